The number of ether oxygens (including phenoxy) is 1. The van der Waals surface area contributed by atoms with Crippen molar-refractivity contribution >= 4 is 11.7 Å². The van der Waals surface area contributed by atoms with Crippen LogP contribution in [0.15, 0.2) is 30.6 Å². The fourth-order valence-corrected chi connectivity index (χ4v) is 1.52. The largest absolute Gasteiger partial charge is 0.375 e. The van der Waals surface area contributed by atoms with Gasteiger partial charge < -0.3 is 15.4 Å². The maximum absolute atomic E-state index is 11.1. The normalized spacial score (nSPS) is 10.2. The Hall–Kier alpha value is -2.48. The van der Waals surface area contributed by atoms with Crippen LogP contribution in [0, 0.1) is 0 Å². The molecular weight excluding hydrogens is 260 g/mol. The lowest BCUT2D eigenvalue weighted by Crippen LogP contribution is -2.31. The van der Waals surface area contributed by atoms with Gasteiger partial charge in [-0.25, -0.2) is 4.68 Å². The molecule has 0 spiro atoms. The number of hydrogen-bond acceptors (Lipinski definition) is 6. The molecule has 0 aliphatic carbocycles. The number of methoxy groups -OCH3 is 1. The van der Waals surface area contributed by atoms with E-state index in [1.54, 1.807) is 23.1 Å². The molecule has 2 aromatic rings. The van der Waals surface area contributed by atoms with Crippen LogP contribution in [-0.2, 0) is 9.53 Å². The Bertz CT molecular complexity index is 525. The summed E-state index contributed by atoms with van der Waals surface area (Å²) in [4.78, 5) is 11.1. The molecular formula is C12H16N6O2. The quantitative estimate of drug-likeness (QED) is 0.682. The number of hydrogen-bond donors (Lipinski definition) is 2. The summed E-state index contributed by atoms with van der Waals surface area (Å²) < 4.78 is 6.33. The highest BCUT2D eigenvalue weighted by molar-refractivity contribution is 5.77. The summed E-state index contributed by atoms with van der Waals surface area (Å²) in [6.07, 6.45) is 3.47. The summed E-state index contributed by atoms with van der Waals surface area (Å²) in [6.45, 7) is 1.12. The number of amides is 1. The molecule has 0 aliphatic rings. The van der Waals surface area contributed by atoms with E-state index in [2.05, 4.69) is 25.9 Å². The van der Waals surface area contributed by atoms with Crippen LogP contribution in [0.5, 0.6) is 0 Å². The zero-order valence-electron chi connectivity index (χ0n) is 11.1. The first-order valence-electron chi connectivity index (χ1n) is 6.13. The number of anilines is 1. The van der Waals surface area contributed by atoms with Crippen LogP contribution in [-0.4, -0.2) is 52.7 Å². The highest BCUT2D eigenvalue weighted by Gasteiger charge is 2.01. The lowest BCUT2D eigenvalue weighted by atomic mass is 10.4. The molecule has 0 atom stereocenters. The summed E-state index contributed by atoms with van der Waals surface area (Å²) in [6, 6.07) is 5.43. The van der Waals surface area contributed by atoms with Gasteiger partial charge in [0.1, 0.15) is 12.4 Å². The highest BCUT2D eigenvalue weighted by atomic mass is 16.5. The van der Waals surface area contributed by atoms with E-state index in [0.717, 1.165) is 0 Å². The Labute approximate surface area is 116 Å². The molecule has 2 rings (SSSR count). The summed E-state index contributed by atoms with van der Waals surface area (Å²) in [5.74, 6) is 1.14. The van der Waals surface area contributed by atoms with Crippen molar-refractivity contribution in [1.29, 1.82) is 0 Å². The zero-order valence-corrected chi connectivity index (χ0v) is 11.1. The Morgan fingerprint density at radius 3 is 2.90 bits per heavy atom. The maximum Gasteiger partial charge on any atom is 0.246 e. The first-order valence-corrected chi connectivity index (χ1v) is 6.13. The number of rotatable bonds is 7. The van der Waals surface area contributed by atoms with Crippen molar-refractivity contribution in [3.63, 3.8) is 0 Å². The second-order valence-corrected chi connectivity index (χ2v) is 3.94. The number of nitrogens with zero attached hydrogens (tertiary/aromatic N) is 4. The van der Waals surface area contributed by atoms with E-state index >= 15 is 0 Å². The second-order valence-electron chi connectivity index (χ2n) is 3.94. The lowest BCUT2D eigenvalue weighted by molar-refractivity contribution is -0.124. The van der Waals surface area contributed by atoms with Crippen molar-refractivity contribution in [2.24, 2.45) is 0 Å². The van der Waals surface area contributed by atoms with E-state index in [4.69, 9.17) is 4.74 Å². The fourth-order valence-electron chi connectivity index (χ4n) is 1.52. The highest BCUT2D eigenvalue weighted by Crippen LogP contribution is 2.04. The topological polar surface area (TPSA) is 94.0 Å². The van der Waals surface area contributed by atoms with Gasteiger partial charge in [-0.1, -0.05) is 0 Å². The van der Waals surface area contributed by atoms with Gasteiger partial charge in [-0.2, -0.15) is 5.10 Å². The van der Waals surface area contributed by atoms with E-state index in [-0.39, 0.29) is 12.5 Å². The van der Waals surface area contributed by atoms with E-state index in [9.17, 15) is 4.79 Å². The minimum Gasteiger partial charge on any atom is -0.375 e. The predicted molar refractivity (Wildman–Crippen MR) is 72.5 cm³/mol. The Kier molecular flexibility index (Phi) is 5.01. The van der Waals surface area contributed by atoms with Gasteiger partial charge in [0.05, 0.1) is 0 Å². The molecule has 1 amide bonds. The van der Waals surface area contributed by atoms with Crippen LogP contribution in [0.3, 0.4) is 0 Å². The van der Waals surface area contributed by atoms with E-state index < -0.39 is 0 Å². The standard InChI is InChI=1S/C12H16N6O2/c1-20-9-12(19)14-7-6-13-10-3-4-11(17-16-10)18-8-2-5-15-18/h2-5,8H,6-7,9H2,1H3,(H,13,16)(H,14,19). The maximum atomic E-state index is 11.1. The minimum atomic E-state index is -0.144. The summed E-state index contributed by atoms with van der Waals surface area (Å²) >= 11 is 0. The van der Waals surface area contributed by atoms with Crippen LogP contribution in [0.4, 0.5) is 5.82 Å². The van der Waals surface area contributed by atoms with E-state index in [1.165, 1.54) is 7.11 Å². The molecule has 0 radical (unpaired) electrons. The molecule has 8 nitrogen and oxygen atoms in total. The number of aromatic nitrogens is 4. The van der Waals surface area contributed by atoms with Gasteiger partial charge in [0.15, 0.2) is 5.82 Å². The second kappa shape index (κ2) is 7.19. The molecule has 0 saturated heterocycles. The third-order valence-electron chi connectivity index (χ3n) is 2.42. The smallest absolute Gasteiger partial charge is 0.246 e. The molecule has 2 aromatic heterocycles. The molecule has 0 unspecified atom stereocenters. The molecule has 0 aromatic carbocycles. The summed E-state index contributed by atoms with van der Waals surface area (Å²) in [7, 11) is 1.48. The van der Waals surface area contributed by atoms with Gasteiger partial charge in [0.2, 0.25) is 5.91 Å². The van der Waals surface area contributed by atoms with Crippen molar-refractivity contribution in [2.45, 2.75) is 0 Å². The fraction of sp³-hybridized carbons (Fsp3) is 0.333. The summed E-state index contributed by atoms with van der Waals surface area (Å²) in [5.41, 5.74) is 0. The van der Waals surface area contributed by atoms with Crippen molar-refractivity contribution in [3.05, 3.63) is 30.6 Å². The molecule has 2 N–H and O–H groups in total. The SMILES string of the molecule is COCC(=O)NCCNc1ccc(-n2cccn2)nn1. The van der Waals surface area contributed by atoms with Gasteiger partial charge in [-0.15, -0.1) is 10.2 Å². The van der Waals surface area contributed by atoms with E-state index in [0.29, 0.717) is 24.7 Å². The molecule has 8 heteroatoms. The number of carbonyl (C=O) groups is 1. The predicted octanol–water partition coefficient (Wildman–Crippen LogP) is -0.163. The average molecular weight is 276 g/mol. The molecule has 2 heterocycles. The number of carbonyl (C=O) groups excluding carboxylic acids is 1. The van der Waals surface area contributed by atoms with Crippen LogP contribution >= 0.6 is 0 Å². The first kappa shape index (κ1) is 13.9. The van der Waals surface area contributed by atoms with Crippen molar-refractivity contribution in [2.75, 3.05) is 32.1 Å². The Morgan fingerprint density at radius 1 is 1.35 bits per heavy atom. The third-order valence-corrected chi connectivity index (χ3v) is 2.42. The average Bonchev–Trinajstić information content (AvgIpc) is 2.99. The van der Waals surface area contributed by atoms with E-state index in [1.807, 2.05) is 12.1 Å². The van der Waals surface area contributed by atoms with Crippen molar-refractivity contribution in [3.8, 4) is 5.82 Å². The molecule has 0 aliphatic heterocycles. The van der Waals surface area contributed by atoms with Gasteiger partial charge in [0.25, 0.3) is 0 Å². The number of nitrogens with one attached hydrogen (secondary N) is 2. The van der Waals surface area contributed by atoms with Crippen LogP contribution in [0.25, 0.3) is 5.82 Å². The zero-order chi connectivity index (χ0) is 14.2. The minimum absolute atomic E-state index is 0.0678. The lowest BCUT2D eigenvalue weighted by Gasteiger charge is -2.07. The summed E-state index contributed by atoms with van der Waals surface area (Å²) in [5, 5.41) is 17.9. The molecule has 0 bridgehead atoms. The van der Waals surface area contributed by atoms with Crippen molar-refractivity contribution < 1.29 is 9.53 Å². The van der Waals surface area contributed by atoms with Crippen LogP contribution in [0.1, 0.15) is 0 Å². The molecule has 0 saturated carbocycles. The molecule has 0 fully saturated rings. The molecule has 20 heavy (non-hydrogen) atoms. The van der Waals surface area contributed by atoms with Crippen LogP contribution < -0.4 is 10.6 Å². The van der Waals surface area contributed by atoms with Gasteiger partial charge >= 0.3 is 0 Å². The molecule has 106 valence electrons. The monoisotopic (exact) mass is 276 g/mol. The van der Waals surface area contributed by atoms with Gasteiger partial charge in [-0.3, -0.25) is 4.79 Å². The Morgan fingerprint density at radius 2 is 2.25 bits per heavy atom. The Balaban J connectivity index is 1.75. The first-order chi connectivity index (χ1) is 9.79. The van der Waals surface area contributed by atoms with Gasteiger partial charge in [-0.05, 0) is 18.2 Å². The van der Waals surface area contributed by atoms with Gasteiger partial charge in [0, 0.05) is 32.6 Å². The van der Waals surface area contributed by atoms with Crippen molar-refractivity contribution in [1.82, 2.24) is 25.3 Å². The van der Waals surface area contributed by atoms with Crippen LogP contribution in [0.2, 0.25) is 0 Å². The third kappa shape index (κ3) is 4.02.